The maximum Gasteiger partial charge on any atom is 0.260 e. The summed E-state index contributed by atoms with van der Waals surface area (Å²) in [5.74, 6) is 2.22. The fourth-order valence-corrected chi connectivity index (χ4v) is 3.87. The third-order valence-corrected chi connectivity index (χ3v) is 5.86. The van der Waals surface area contributed by atoms with Crippen LogP contribution in [-0.2, 0) is 4.79 Å². The number of carbonyl (C=O) groups excluding carboxylic acids is 1. The van der Waals surface area contributed by atoms with Crippen molar-refractivity contribution in [1.29, 1.82) is 0 Å². The molecule has 1 aliphatic heterocycles. The van der Waals surface area contributed by atoms with E-state index in [2.05, 4.69) is 37.3 Å². The summed E-state index contributed by atoms with van der Waals surface area (Å²) in [5.41, 5.74) is 4.14. The molecule has 2 aromatic carbocycles. The number of benzene rings is 2. The van der Waals surface area contributed by atoms with Crippen LogP contribution in [0.5, 0.6) is 11.5 Å². The molecule has 3 aromatic rings. The zero-order valence-electron chi connectivity index (χ0n) is 19.6. The van der Waals surface area contributed by atoms with Crippen LogP contribution in [0.15, 0.2) is 54.6 Å². The normalized spacial score (nSPS) is 15.4. The number of ether oxygens (including phenoxy) is 2. The van der Waals surface area contributed by atoms with Crippen LogP contribution in [0.4, 0.5) is 5.95 Å². The standard InChI is InChI=1S/C26H30N4O3/c1-18-5-7-19(8-6-18)23-15-24(28-26(27-23)29(2)3)20-13-14-30(16-20)25(31)17-33-22-11-9-21(32-4)10-12-22/h5-12,15,20H,13-14,16-17H2,1-4H3/t20-/m1/s1. The number of amides is 1. The summed E-state index contributed by atoms with van der Waals surface area (Å²) >= 11 is 0. The second-order valence-electron chi connectivity index (χ2n) is 8.53. The average molecular weight is 447 g/mol. The summed E-state index contributed by atoms with van der Waals surface area (Å²) in [7, 11) is 5.50. The molecule has 0 spiro atoms. The van der Waals surface area contributed by atoms with Gasteiger partial charge in [0, 0.05) is 38.7 Å². The third-order valence-electron chi connectivity index (χ3n) is 5.86. The Balaban J connectivity index is 1.45. The van der Waals surface area contributed by atoms with Gasteiger partial charge in [0.2, 0.25) is 5.95 Å². The largest absolute Gasteiger partial charge is 0.497 e. The van der Waals surface area contributed by atoms with Crippen molar-refractivity contribution in [3.05, 3.63) is 65.9 Å². The molecule has 0 unspecified atom stereocenters. The lowest BCUT2D eigenvalue weighted by Gasteiger charge is -2.18. The fourth-order valence-electron chi connectivity index (χ4n) is 3.87. The van der Waals surface area contributed by atoms with Crippen LogP contribution in [0.3, 0.4) is 0 Å². The van der Waals surface area contributed by atoms with Gasteiger partial charge in [-0.05, 0) is 43.7 Å². The monoisotopic (exact) mass is 446 g/mol. The van der Waals surface area contributed by atoms with Crippen molar-refractivity contribution in [2.75, 3.05) is 45.8 Å². The molecule has 0 saturated carbocycles. The molecule has 0 N–H and O–H groups in total. The van der Waals surface area contributed by atoms with E-state index in [9.17, 15) is 4.79 Å². The second-order valence-corrected chi connectivity index (χ2v) is 8.53. The van der Waals surface area contributed by atoms with Crippen molar-refractivity contribution in [3.8, 4) is 22.8 Å². The lowest BCUT2D eigenvalue weighted by atomic mass is 10.0. The Labute approximate surface area is 195 Å². The quantitative estimate of drug-likeness (QED) is 0.548. The van der Waals surface area contributed by atoms with Gasteiger partial charge >= 0.3 is 0 Å². The maximum absolute atomic E-state index is 12.7. The minimum atomic E-state index is -0.0195. The van der Waals surface area contributed by atoms with Crippen LogP contribution < -0.4 is 14.4 Å². The number of hydrogen-bond donors (Lipinski definition) is 0. The number of rotatable bonds is 7. The summed E-state index contributed by atoms with van der Waals surface area (Å²) in [6.45, 7) is 3.40. The molecule has 33 heavy (non-hydrogen) atoms. The van der Waals surface area contributed by atoms with E-state index in [0.717, 1.165) is 29.1 Å². The topological polar surface area (TPSA) is 67.8 Å². The molecular formula is C26H30N4O3. The number of methoxy groups -OCH3 is 1. The number of aromatic nitrogens is 2. The van der Waals surface area contributed by atoms with Gasteiger partial charge in [-0.1, -0.05) is 29.8 Å². The van der Waals surface area contributed by atoms with E-state index in [1.54, 1.807) is 19.2 Å². The molecule has 1 atom stereocenters. The zero-order chi connectivity index (χ0) is 23.4. The molecule has 0 bridgehead atoms. The summed E-state index contributed by atoms with van der Waals surface area (Å²) in [5, 5.41) is 0. The zero-order valence-corrected chi connectivity index (χ0v) is 19.6. The van der Waals surface area contributed by atoms with Gasteiger partial charge in [-0.25, -0.2) is 9.97 Å². The first-order chi connectivity index (χ1) is 15.9. The number of hydrogen-bond acceptors (Lipinski definition) is 6. The SMILES string of the molecule is COc1ccc(OCC(=O)N2CC[C@@H](c3cc(-c4ccc(C)cc4)nc(N(C)C)n3)C2)cc1. The second kappa shape index (κ2) is 9.90. The van der Waals surface area contributed by atoms with E-state index in [0.29, 0.717) is 24.8 Å². The van der Waals surface area contributed by atoms with Crippen molar-refractivity contribution in [1.82, 2.24) is 14.9 Å². The van der Waals surface area contributed by atoms with E-state index >= 15 is 0 Å². The number of anilines is 1. The first-order valence-electron chi connectivity index (χ1n) is 11.1. The summed E-state index contributed by atoms with van der Waals surface area (Å²) in [6, 6.07) is 17.6. The third kappa shape index (κ3) is 5.42. The molecule has 0 aliphatic carbocycles. The van der Waals surface area contributed by atoms with Gasteiger partial charge in [0.1, 0.15) is 11.5 Å². The van der Waals surface area contributed by atoms with Gasteiger partial charge in [0.15, 0.2) is 6.61 Å². The Hall–Kier alpha value is -3.61. The van der Waals surface area contributed by atoms with Crippen LogP contribution in [0.25, 0.3) is 11.3 Å². The average Bonchev–Trinajstić information content (AvgIpc) is 3.33. The lowest BCUT2D eigenvalue weighted by Crippen LogP contribution is -2.33. The van der Waals surface area contributed by atoms with E-state index in [-0.39, 0.29) is 18.4 Å². The Bertz CT molecular complexity index is 1100. The molecule has 172 valence electrons. The maximum atomic E-state index is 12.7. The van der Waals surface area contributed by atoms with Crippen molar-refractivity contribution < 1.29 is 14.3 Å². The molecule has 1 amide bonds. The van der Waals surface area contributed by atoms with Crippen molar-refractivity contribution >= 4 is 11.9 Å². The Kier molecular flexibility index (Phi) is 6.77. The van der Waals surface area contributed by atoms with Gasteiger partial charge < -0.3 is 19.3 Å². The number of aryl methyl sites for hydroxylation is 1. The van der Waals surface area contributed by atoms with Crippen molar-refractivity contribution in [2.24, 2.45) is 0 Å². The molecule has 0 radical (unpaired) electrons. The van der Waals surface area contributed by atoms with Gasteiger partial charge in [-0.2, -0.15) is 0 Å². The highest BCUT2D eigenvalue weighted by Crippen LogP contribution is 2.30. The summed E-state index contributed by atoms with van der Waals surface area (Å²) < 4.78 is 10.8. The molecular weight excluding hydrogens is 416 g/mol. The molecule has 7 nitrogen and oxygen atoms in total. The molecule has 2 heterocycles. The molecule has 1 fully saturated rings. The van der Waals surface area contributed by atoms with E-state index < -0.39 is 0 Å². The van der Waals surface area contributed by atoms with Crippen LogP contribution in [0, 0.1) is 6.92 Å². The Morgan fingerprint density at radius 3 is 2.42 bits per heavy atom. The van der Waals surface area contributed by atoms with Crippen LogP contribution >= 0.6 is 0 Å². The fraction of sp³-hybridized carbons (Fsp3) is 0.346. The summed E-state index contributed by atoms with van der Waals surface area (Å²) in [4.78, 5) is 26.1. The van der Waals surface area contributed by atoms with E-state index in [1.165, 1.54) is 5.56 Å². The molecule has 4 rings (SSSR count). The highest BCUT2D eigenvalue weighted by Gasteiger charge is 2.29. The minimum Gasteiger partial charge on any atom is -0.497 e. The van der Waals surface area contributed by atoms with Crippen LogP contribution in [0.2, 0.25) is 0 Å². The van der Waals surface area contributed by atoms with Crippen LogP contribution in [0.1, 0.15) is 23.6 Å². The lowest BCUT2D eigenvalue weighted by molar-refractivity contribution is -0.132. The van der Waals surface area contributed by atoms with Gasteiger partial charge in [0.25, 0.3) is 5.91 Å². The highest BCUT2D eigenvalue weighted by molar-refractivity contribution is 5.78. The Morgan fingerprint density at radius 2 is 1.76 bits per heavy atom. The van der Waals surface area contributed by atoms with Gasteiger partial charge in [-0.15, -0.1) is 0 Å². The number of nitrogens with zero attached hydrogens (tertiary/aromatic N) is 4. The Morgan fingerprint density at radius 1 is 1.06 bits per heavy atom. The number of likely N-dealkylation sites (tertiary alicyclic amines) is 1. The molecule has 1 aromatic heterocycles. The van der Waals surface area contributed by atoms with Crippen molar-refractivity contribution in [2.45, 2.75) is 19.3 Å². The summed E-state index contributed by atoms with van der Waals surface area (Å²) in [6.07, 6.45) is 0.867. The van der Waals surface area contributed by atoms with E-state index in [1.807, 2.05) is 36.0 Å². The first kappa shape index (κ1) is 22.6. The first-order valence-corrected chi connectivity index (χ1v) is 11.1. The number of carbonyl (C=O) groups is 1. The van der Waals surface area contributed by atoms with Crippen LogP contribution in [-0.4, -0.2) is 61.7 Å². The highest BCUT2D eigenvalue weighted by atomic mass is 16.5. The predicted molar refractivity (Wildman–Crippen MR) is 129 cm³/mol. The minimum absolute atomic E-state index is 0.0143. The molecule has 7 heteroatoms. The van der Waals surface area contributed by atoms with Gasteiger partial charge in [-0.3, -0.25) is 4.79 Å². The van der Waals surface area contributed by atoms with E-state index in [4.69, 9.17) is 19.4 Å². The van der Waals surface area contributed by atoms with Gasteiger partial charge in [0.05, 0.1) is 18.5 Å². The predicted octanol–water partition coefficient (Wildman–Crippen LogP) is 3.92. The van der Waals surface area contributed by atoms with Crippen molar-refractivity contribution in [3.63, 3.8) is 0 Å². The molecule has 1 aliphatic rings. The smallest absolute Gasteiger partial charge is 0.260 e. The molecule has 1 saturated heterocycles.